The van der Waals surface area contributed by atoms with Crippen LogP contribution in [0.2, 0.25) is 0 Å². The molecular formula is C17H28N2O. The quantitative estimate of drug-likeness (QED) is 0.919. The highest BCUT2D eigenvalue weighted by Crippen LogP contribution is 2.22. The van der Waals surface area contributed by atoms with Gasteiger partial charge in [-0.2, -0.15) is 0 Å². The van der Waals surface area contributed by atoms with Gasteiger partial charge in [-0.05, 0) is 38.3 Å². The molecule has 112 valence electrons. The zero-order valence-electron chi connectivity index (χ0n) is 13.2. The Hall–Kier alpha value is -0.900. The molecule has 1 aliphatic heterocycles. The predicted octanol–water partition coefficient (Wildman–Crippen LogP) is 2.75. The van der Waals surface area contributed by atoms with Crippen molar-refractivity contribution in [1.29, 1.82) is 0 Å². The number of ether oxygens (including phenoxy) is 1. The molecule has 0 bridgehead atoms. The second-order valence-electron chi connectivity index (χ2n) is 6.58. The van der Waals surface area contributed by atoms with E-state index in [1.165, 1.54) is 11.1 Å². The predicted molar refractivity (Wildman–Crippen MR) is 83.8 cm³/mol. The minimum atomic E-state index is -0.0799. The van der Waals surface area contributed by atoms with E-state index in [-0.39, 0.29) is 17.7 Å². The van der Waals surface area contributed by atoms with Crippen molar-refractivity contribution >= 4 is 0 Å². The van der Waals surface area contributed by atoms with E-state index in [9.17, 15) is 0 Å². The summed E-state index contributed by atoms with van der Waals surface area (Å²) in [5, 5.41) is 0. The number of hydrogen-bond acceptors (Lipinski definition) is 3. The maximum absolute atomic E-state index is 6.37. The summed E-state index contributed by atoms with van der Waals surface area (Å²) in [4.78, 5) is 2.42. The second-order valence-corrected chi connectivity index (χ2v) is 6.58. The van der Waals surface area contributed by atoms with Crippen LogP contribution >= 0.6 is 0 Å². The van der Waals surface area contributed by atoms with Gasteiger partial charge in [-0.15, -0.1) is 0 Å². The number of benzene rings is 1. The van der Waals surface area contributed by atoms with E-state index in [4.69, 9.17) is 10.5 Å². The van der Waals surface area contributed by atoms with Crippen molar-refractivity contribution in [3.8, 4) is 0 Å². The fourth-order valence-corrected chi connectivity index (χ4v) is 3.11. The van der Waals surface area contributed by atoms with Crippen LogP contribution in [-0.2, 0) is 11.2 Å². The van der Waals surface area contributed by atoms with Crippen molar-refractivity contribution in [3.05, 3.63) is 35.4 Å². The standard InChI is InChI=1S/C17H28N2O/c1-5-14-6-8-15(9-7-14)16(18)11-19-10-13(2)20-17(3,4)12-19/h6-9,13,16H,5,10-12,18H2,1-4H3. The van der Waals surface area contributed by atoms with Crippen LogP contribution in [-0.4, -0.2) is 36.2 Å². The molecule has 1 aliphatic rings. The molecule has 20 heavy (non-hydrogen) atoms. The lowest BCUT2D eigenvalue weighted by atomic mass is 10.0. The lowest BCUT2D eigenvalue weighted by Crippen LogP contribution is -2.53. The van der Waals surface area contributed by atoms with Crippen LogP contribution in [0, 0.1) is 0 Å². The van der Waals surface area contributed by atoms with E-state index >= 15 is 0 Å². The number of hydrogen-bond donors (Lipinski definition) is 1. The van der Waals surface area contributed by atoms with Gasteiger partial charge in [0.2, 0.25) is 0 Å². The highest BCUT2D eigenvalue weighted by Gasteiger charge is 2.31. The Kier molecular flexibility index (Phi) is 4.84. The van der Waals surface area contributed by atoms with E-state index in [2.05, 4.69) is 56.9 Å². The Morgan fingerprint density at radius 2 is 2.00 bits per heavy atom. The van der Waals surface area contributed by atoms with Crippen LogP contribution < -0.4 is 5.73 Å². The second kappa shape index (κ2) is 6.25. The average molecular weight is 276 g/mol. The van der Waals surface area contributed by atoms with Gasteiger partial charge in [0.25, 0.3) is 0 Å². The van der Waals surface area contributed by atoms with E-state index in [0.717, 1.165) is 26.1 Å². The molecule has 2 N–H and O–H groups in total. The normalized spacial score (nSPS) is 24.6. The lowest BCUT2D eigenvalue weighted by molar-refractivity contribution is -0.129. The number of nitrogens with zero attached hydrogens (tertiary/aromatic N) is 1. The van der Waals surface area contributed by atoms with E-state index < -0.39 is 0 Å². The molecule has 1 saturated heterocycles. The molecule has 3 heteroatoms. The van der Waals surface area contributed by atoms with Crippen molar-refractivity contribution in [2.75, 3.05) is 19.6 Å². The number of rotatable bonds is 4. The first kappa shape index (κ1) is 15.5. The Bertz CT molecular complexity index is 427. The van der Waals surface area contributed by atoms with Crippen molar-refractivity contribution in [1.82, 2.24) is 4.90 Å². The van der Waals surface area contributed by atoms with Crippen LogP contribution in [0.5, 0.6) is 0 Å². The molecule has 0 aliphatic carbocycles. The van der Waals surface area contributed by atoms with Gasteiger partial charge in [0.15, 0.2) is 0 Å². The Morgan fingerprint density at radius 1 is 1.35 bits per heavy atom. The zero-order chi connectivity index (χ0) is 14.8. The minimum absolute atomic E-state index is 0.0713. The van der Waals surface area contributed by atoms with Gasteiger partial charge in [-0.25, -0.2) is 0 Å². The molecule has 2 atom stereocenters. The minimum Gasteiger partial charge on any atom is -0.370 e. The molecule has 1 aromatic carbocycles. The molecule has 3 nitrogen and oxygen atoms in total. The third kappa shape index (κ3) is 4.05. The average Bonchev–Trinajstić information content (AvgIpc) is 2.36. The van der Waals surface area contributed by atoms with Gasteiger partial charge < -0.3 is 10.5 Å². The molecule has 0 aromatic heterocycles. The molecule has 1 heterocycles. The summed E-state index contributed by atoms with van der Waals surface area (Å²) in [6, 6.07) is 8.76. The van der Waals surface area contributed by atoms with Crippen molar-refractivity contribution in [2.45, 2.75) is 51.9 Å². The molecule has 0 radical (unpaired) electrons. The molecule has 1 fully saturated rings. The summed E-state index contributed by atoms with van der Waals surface area (Å²) in [6.45, 7) is 11.4. The summed E-state index contributed by atoms with van der Waals surface area (Å²) in [5.74, 6) is 0. The lowest BCUT2D eigenvalue weighted by Gasteiger charge is -2.42. The fraction of sp³-hybridized carbons (Fsp3) is 0.647. The summed E-state index contributed by atoms with van der Waals surface area (Å²) < 4.78 is 5.94. The Morgan fingerprint density at radius 3 is 2.55 bits per heavy atom. The SMILES string of the molecule is CCc1ccc(C(N)CN2CC(C)OC(C)(C)C2)cc1. The molecule has 1 aromatic rings. The summed E-state index contributed by atoms with van der Waals surface area (Å²) in [6.07, 6.45) is 1.35. The monoisotopic (exact) mass is 276 g/mol. The first-order valence-corrected chi connectivity index (χ1v) is 7.64. The van der Waals surface area contributed by atoms with Gasteiger partial charge in [0.1, 0.15) is 0 Å². The van der Waals surface area contributed by atoms with Crippen LogP contribution in [0.25, 0.3) is 0 Å². The highest BCUT2D eigenvalue weighted by molar-refractivity contribution is 5.25. The largest absolute Gasteiger partial charge is 0.370 e. The van der Waals surface area contributed by atoms with Crippen molar-refractivity contribution in [3.63, 3.8) is 0 Å². The summed E-state index contributed by atoms with van der Waals surface area (Å²) in [5.41, 5.74) is 8.87. The zero-order valence-corrected chi connectivity index (χ0v) is 13.2. The molecular weight excluding hydrogens is 248 g/mol. The molecule has 0 amide bonds. The van der Waals surface area contributed by atoms with Gasteiger partial charge in [0, 0.05) is 25.7 Å². The van der Waals surface area contributed by atoms with Gasteiger partial charge in [0.05, 0.1) is 11.7 Å². The fourth-order valence-electron chi connectivity index (χ4n) is 3.11. The Labute approximate surface area is 123 Å². The number of aryl methyl sites for hydroxylation is 1. The van der Waals surface area contributed by atoms with Gasteiger partial charge in [-0.3, -0.25) is 4.90 Å². The van der Waals surface area contributed by atoms with Gasteiger partial charge >= 0.3 is 0 Å². The number of morpholine rings is 1. The highest BCUT2D eigenvalue weighted by atomic mass is 16.5. The molecule has 0 spiro atoms. The number of nitrogens with two attached hydrogens (primary N) is 1. The van der Waals surface area contributed by atoms with Crippen LogP contribution in [0.15, 0.2) is 24.3 Å². The third-order valence-electron chi connectivity index (χ3n) is 3.91. The third-order valence-corrected chi connectivity index (χ3v) is 3.91. The Balaban J connectivity index is 1.97. The van der Waals surface area contributed by atoms with Crippen molar-refractivity contribution in [2.24, 2.45) is 5.73 Å². The van der Waals surface area contributed by atoms with Crippen LogP contribution in [0.4, 0.5) is 0 Å². The smallest absolute Gasteiger partial charge is 0.0757 e. The summed E-state index contributed by atoms with van der Waals surface area (Å²) in [7, 11) is 0. The first-order chi connectivity index (χ1) is 9.39. The van der Waals surface area contributed by atoms with E-state index in [1.807, 2.05) is 0 Å². The van der Waals surface area contributed by atoms with E-state index in [0.29, 0.717) is 0 Å². The molecule has 0 saturated carbocycles. The molecule has 2 unspecified atom stereocenters. The molecule has 2 rings (SSSR count). The van der Waals surface area contributed by atoms with Crippen LogP contribution in [0.3, 0.4) is 0 Å². The maximum atomic E-state index is 6.37. The van der Waals surface area contributed by atoms with Crippen LogP contribution in [0.1, 0.15) is 44.9 Å². The first-order valence-electron chi connectivity index (χ1n) is 7.64. The van der Waals surface area contributed by atoms with Crippen molar-refractivity contribution < 1.29 is 4.74 Å². The van der Waals surface area contributed by atoms with E-state index in [1.54, 1.807) is 0 Å². The topological polar surface area (TPSA) is 38.5 Å². The maximum Gasteiger partial charge on any atom is 0.0757 e. The summed E-state index contributed by atoms with van der Waals surface area (Å²) >= 11 is 0. The van der Waals surface area contributed by atoms with Gasteiger partial charge in [-0.1, -0.05) is 31.2 Å².